The van der Waals surface area contributed by atoms with E-state index in [1.807, 2.05) is 0 Å². The average Bonchev–Trinajstić information content (AvgIpc) is 2.17. The van der Waals surface area contributed by atoms with E-state index in [4.69, 9.17) is 4.74 Å². The van der Waals surface area contributed by atoms with Crippen molar-refractivity contribution in [3.05, 3.63) is 12.7 Å². The zero-order valence-electron chi connectivity index (χ0n) is 8.46. The molecule has 2 heteroatoms. The SMILES string of the molecule is C=CC(C)(O)COC1CCCCC1. The average molecular weight is 184 g/mol. The fraction of sp³-hybridized carbons (Fsp3) is 0.818. The third-order valence-corrected chi connectivity index (χ3v) is 2.60. The Morgan fingerprint density at radius 3 is 2.62 bits per heavy atom. The van der Waals surface area contributed by atoms with Gasteiger partial charge < -0.3 is 9.84 Å². The Labute approximate surface area is 80.6 Å². The quantitative estimate of drug-likeness (QED) is 0.679. The number of aliphatic hydroxyl groups is 1. The molecule has 1 rings (SSSR count). The lowest BCUT2D eigenvalue weighted by Gasteiger charge is -2.26. The molecule has 2 nitrogen and oxygen atoms in total. The van der Waals surface area contributed by atoms with Gasteiger partial charge in [0.15, 0.2) is 0 Å². The summed E-state index contributed by atoms with van der Waals surface area (Å²) < 4.78 is 5.62. The van der Waals surface area contributed by atoms with E-state index in [0.29, 0.717) is 12.7 Å². The minimum atomic E-state index is -0.864. The first-order valence-corrected chi connectivity index (χ1v) is 5.11. The first kappa shape index (κ1) is 10.7. The second kappa shape index (κ2) is 4.77. The van der Waals surface area contributed by atoms with Crippen LogP contribution in [-0.4, -0.2) is 23.4 Å². The third kappa shape index (κ3) is 3.92. The summed E-state index contributed by atoms with van der Waals surface area (Å²) in [6.07, 6.45) is 8.05. The molecular formula is C11H20O2. The Kier molecular flexibility index (Phi) is 3.94. The summed E-state index contributed by atoms with van der Waals surface area (Å²) in [5.41, 5.74) is -0.864. The fourth-order valence-electron chi connectivity index (χ4n) is 1.58. The van der Waals surface area contributed by atoms with Crippen LogP contribution in [0.15, 0.2) is 12.7 Å². The van der Waals surface area contributed by atoms with E-state index in [-0.39, 0.29) is 0 Å². The van der Waals surface area contributed by atoms with Crippen molar-refractivity contribution in [3.8, 4) is 0 Å². The Morgan fingerprint density at radius 1 is 1.46 bits per heavy atom. The van der Waals surface area contributed by atoms with Crippen LogP contribution in [0.4, 0.5) is 0 Å². The Bertz CT molecular complexity index is 157. The van der Waals surface area contributed by atoms with Gasteiger partial charge in [-0.25, -0.2) is 0 Å². The minimum absolute atomic E-state index is 0.361. The molecule has 1 fully saturated rings. The molecule has 0 aromatic heterocycles. The highest BCUT2D eigenvalue weighted by Gasteiger charge is 2.20. The standard InChI is InChI=1S/C11H20O2/c1-3-11(2,12)9-13-10-7-5-4-6-8-10/h3,10,12H,1,4-9H2,2H3. The molecule has 0 aromatic rings. The van der Waals surface area contributed by atoms with Gasteiger partial charge in [0.25, 0.3) is 0 Å². The summed E-state index contributed by atoms with van der Waals surface area (Å²) in [6, 6.07) is 0. The topological polar surface area (TPSA) is 29.5 Å². The zero-order valence-corrected chi connectivity index (χ0v) is 8.46. The second-order valence-corrected chi connectivity index (χ2v) is 4.13. The molecule has 1 aliphatic carbocycles. The first-order chi connectivity index (χ1) is 6.14. The van der Waals surface area contributed by atoms with Crippen LogP contribution in [0.3, 0.4) is 0 Å². The molecule has 1 unspecified atom stereocenters. The molecule has 0 aromatic carbocycles. The van der Waals surface area contributed by atoms with Crippen LogP contribution >= 0.6 is 0 Å². The lowest BCUT2D eigenvalue weighted by atomic mass is 9.97. The maximum Gasteiger partial charge on any atom is 0.103 e. The lowest BCUT2D eigenvalue weighted by Crippen LogP contribution is -2.31. The zero-order chi connectivity index (χ0) is 9.73. The summed E-state index contributed by atoms with van der Waals surface area (Å²) >= 11 is 0. The highest BCUT2D eigenvalue weighted by molar-refractivity contribution is 4.91. The monoisotopic (exact) mass is 184 g/mol. The summed E-state index contributed by atoms with van der Waals surface area (Å²) in [6.45, 7) is 5.67. The maximum absolute atomic E-state index is 9.61. The Balaban J connectivity index is 2.20. The van der Waals surface area contributed by atoms with Crippen LogP contribution in [0.1, 0.15) is 39.0 Å². The number of rotatable bonds is 4. The van der Waals surface area contributed by atoms with E-state index in [1.54, 1.807) is 6.92 Å². The summed E-state index contributed by atoms with van der Waals surface area (Å²) in [5, 5.41) is 9.61. The molecule has 1 N–H and O–H groups in total. The molecule has 0 heterocycles. The molecule has 1 atom stereocenters. The van der Waals surface area contributed by atoms with Crippen LogP contribution in [0.5, 0.6) is 0 Å². The molecule has 0 amide bonds. The van der Waals surface area contributed by atoms with Crippen molar-refractivity contribution in [1.29, 1.82) is 0 Å². The van der Waals surface area contributed by atoms with E-state index in [0.717, 1.165) is 12.8 Å². The smallest absolute Gasteiger partial charge is 0.103 e. The van der Waals surface area contributed by atoms with E-state index < -0.39 is 5.60 Å². The number of ether oxygens (including phenoxy) is 1. The van der Waals surface area contributed by atoms with Gasteiger partial charge in [0.1, 0.15) is 5.60 Å². The predicted molar refractivity (Wildman–Crippen MR) is 53.6 cm³/mol. The molecule has 0 aliphatic heterocycles. The van der Waals surface area contributed by atoms with Crippen LogP contribution in [0.25, 0.3) is 0 Å². The number of hydrogen-bond acceptors (Lipinski definition) is 2. The van der Waals surface area contributed by atoms with Gasteiger partial charge in [-0.15, -0.1) is 6.58 Å². The maximum atomic E-state index is 9.61. The fourth-order valence-corrected chi connectivity index (χ4v) is 1.58. The van der Waals surface area contributed by atoms with Gasteiger partial charge in [-0.05, 0) is 19.8 Å². The molecule has 0 spiro atoms. The largest absolute Gasteiger partial charge is 0.384 e. The van der Waals surface area contributed by atoms with Gasteiger partial charge in [-0.3, -0.25) is 0 Å². The van der Waals surface area contributed by atoms with Crippen molar-refractivity contribution in [2.75, 3.05) is 6.61 Å². The minimum Gasteiger partial charge on any atom is -0.384 e. The van der Waals surface area contributed by atoms with Gasteiger partial charge in [0, 0.05) is 0 Å². The van der Waals surface area contributed by atoms with Crippen LogP contribution in [0.2, 0.25) is 0 Å². The van der Waals surface area contributed by atoms with Crippen molar-refractivity contribution in [2.24, 2.45) is 0 Å². The van der Waals surface area contributed by atoms with E-state index in [9.17, 15) is 5.11 Å². The van der Waals surface area contributed by atoms with Crippen molar-refractivity contribution in [3.63, 3.8) is 0 Å². The van der Waals surface area contributed by atoms with Crippen molar-refractivity contribution in [2.45, 2.75) is 50.7 Å². The lowest BCUT2D eigenvalue weighted by molar-refractivity contribution is -0.0487. The van der Waals surface area contributed by atoms with Crippen LogP contribution in [-0.2, 0) is 4.74 Å². The summed E-state index contributed by atoms with van der Waals surface area (Å²) in [7, 11) is 0. The van der Waals surface area contributed by atoms with Gasteiger partial charge >= 0.3 is 0 Å². The predicted octanol–water partition coefficient (Wildman–Crippen LogP) is 2.27. The third-order valence-electron chi connectivity index (χ3n) is 2.60. The van der Waals surface area contributed by atoms with Crippen molar-refractivity contribution < 1.29 is 9.84 Å². The molecule has 76 valence electrons. The highest BCUT2D eigenvalue weighted by Crippen LogP contribution is 2.21. The van der Waals surface area contributed by atoms with Gasteiger partial charge in [0.2, 0.25) is 0 Å². The first-order valence-electron chi connectivity index (χ1n) is 5.11. The molecule has 1 saturated carbocycles. The van der Waals surface area contributed by atoms with E-state index in [1.165, 1.54) is 25.3 Å². The van der Waals surface area contributed by atoms with Crippen molar-refractivity contribution >= 4 is 0 Å². The van der Waals surface area contributed by atoms with Crippen molar-refractivity contribution in [1.82, 2.24) is 0 Å². The van der Waals surface area contributed by atoms with Crippen LogP contribution < -0.4 is 0 Å². The molecular weight excluding hydrogens is 164 g/mol. The second-order valence-electron chi connectivity index (χ2n) is 4.13. The van der Waals surface area contributed by atoms with Gasteiger partial charge in [-0.1, -0.05) is 25.3 Å². The Hall–Kier alpha value is -0.340. The molecule has 1 aliphatic rings. The van der Waals surface area contributed by atoms with E-state index in [2.05, 4.69) is 6.58 Å². The highest BCUT2D eigenvalue weighted by atomic mass is 16.5. The van der Waals surface area contributed by atoms with E-state index >= 15 is 0 Å². The van der Waals surface area contributed by atoms with Gasteiger partial charge in [0.05, 0.1) is 12.7 Å². The normalized spacial score (nSPS) is 23.8. The molecule has 0 radical (unpaired) electrons. The molecule has 0 bridgehead atoms. The van der Waals surface area contributed by atoms with Crippen LogP contribution in [0, 0.1) is 0 Å². The van der Waals surface area contributed by atoms with Gasteiger partial charge in [-0.2, -0.15) is 0 Å². The Morgan fingerprint density at radius 2 is 2.08 bits per heavy atom. The summed E-state index contributed by atoms with van der Waals surface area (Å²) in [5.74, 6) is 0. The number of hydrogen-bond donors (Lipinski definition) is 1. The summed E-state index contributed by atoms with van der Waals surface area (Å²) in [4.78, 5) is 0. The molecule has 13 heavy (non-hydrogen) atoms. The molecule has 0 saturated heterocycles.